The number of aromatic nitrogens is 2. The van der Waals surface area contributed by atoms with Gasteiger partial charge >= 0.3 is 0 Å². The molecule has 1 aromatic carbocycles. The summed E-state index contributed by atoms with van der Waals surface area (Å²) in [6, 6.07) is 7.23. The number of hydrogen-bond acceptors (Lipinski definition) is 5. The number of nitrogens with one attached hydrogen (secondary N) is 2. The number of carbonyl (C=O) groups is 1. The summed E-state index contributed by atoms with van der Waals surface area (Å²) < 4.78 is 27.5. The van der Waals surface area contributed by atoms with Gasteiger partial charge in [-0.3, -0.25) is 9.89 Å². The average Bonchev–Trinajstić information content (AvgIpc) is 2.93. The highest BCUT2D eigenvalue weighted by Crippen LogP contribution is 2.34. The summed E-state index contributed by atoms with van der Waals surface area (Å²) in [6.45, 7) is 2.40. The monoisotopic (exact) mass is 383 g/mol. The van der Waals surface area contributed by atoms with Gasteiger partial charge < -0.3 is 10.1 Å². The quantitative estimate of drug-likeness (QED) is 0.764. The van der Waals surface area contributed by atoms with Crippen molar-refractivity contribution in [2.45, 2.75) is 6.92 Å². The molecule has 7 nitrogen and oxygen atoms in total. The lowest BCUT2D eigenvalue weighted by Crippen LogP contribution is -2.24. The number of nitrogens with zero attached hydrogens (tertiary/aromatic N) is 1. The highest BCUT2D eigenvalue weighted by molar-refractivity contribution is 7.93. The normalized spacial score (nSPS) is 11.6. The number of amides is 1. The number of rotatable bonds is 7. The van der Waals surface area contributed by atoms with Crippen molar-refractivity contribution in [1.82, 2.24) is 15.5 Å². The lowest BCUT2D eigenvalue weighted by Gasteiger charge is -2.08. The molecule has 9 heteroatoms. The SMILES string of the molecule is CCOc1ccccc1-c1n[nH]c(C(=O)NC/C=C/S(C)(=O)=O)c1Cl. The van der Waals surface area contributed by atoms with Crippen LogP contribution in [-0.2, 0) is 9.84 Å². The molecule has 0 saturated heterocycles. The highest BCUT2D eigenvalue weighted by Gasteiger charge is 2.20. The van der Waals surface area contributed by atoms with E-state index in [9.17, 15) is 13.2 Å². The third-order valence-corrected chi connectivity index (χ3v) is 4.15. The maximum absolute atomic E-state index is 12.2. The number of ether oxygens (including phenoxy) is 1. The molecule has 25 heavy (non-hydrogen) atoms. The second-order valence-corrected chi connectivity index (χ2v) is 7.41. The van der Waals surface area contributed by atoms with Gasteiger partial charge in [-0.15, -0.1) is 0 Å². The molecule has 0 aliphatic rings. The molecular formula is C16H18ClN3O4S. The van der Waals surface area contributed by atoms with Gasteiger partial charge in [-0.05, 0) is 19.1 Å². The number of hydrogen-bond donors (Lipinski definition) is 2. The molecule has 0 atom stereocenters. The Morgan fingerprint density at radius 2 is 2.12 bits per heavy atom. The predicted molar refractivity (Wildman–Crippen MR) is 96.5 cm³/mol. The van der Waals surface area contributed by atoms with Crippen molar-refractivity contribution >= 4 is 27.3 Å². The topological polar surface area (TPSA) is 101 Å². The first kappa shape index (κ1) is 19.0. The van der Waals surface area contributed by atoms with Crippen LogP contribution in [0.15, 0.2) is 35.7 Å². The van der Waals surface area contributed by atoms with Gasteiger partial charge in [0.2, 0.25) is 0 Å². The number of benzene rings is 1. The first-order chi connectivity index (χ1) is 11.8. The summed E-state index contributed by atoms with van der Waals surface area (Å²) in [6.07, 6.45) is 2.40. The summed E-state index contributed by atoms with van der Waals surface area (Å²) in [5, 5.41) is 10.4. The van der Waals surface area contributed by atoms with Gasteiger partial charge in [-0.25, -0.2) is 8.42 Å². The molecule has 2 N–H and O–H groups in total. The van der Waals surface area contributed by atoms with Crippen LogP contribution in [0.1, 0.15) is 17.4 Å². The summed E-state index contributed by atoms with van der Waals surface area (Å²) in [5.74, 6) is 0.122. The zero-order valence-electron chi connectivity index (χ0n) is 13.7. The van der Waals surface area contributed by atoms with Crippen molar-refractivity contribution in [3.8, 4) is 17.0 Å². The third kappa shape index (κ3) is 5.07. The van der Waals surface area contributed by atoms with E-state index in [0.29, 0.717) is 23.6 Å². The number of aromatic amines is 1. The Bertz CT molecular complexity index is 891. The van der Waals surface area contributed by atoms with Gasteiger partial charge in [-0.2, -0.15) is 5.10 Å². The Hall–Kier alpha value is -2.32. The van der Waals surface area contributed by atoms with E-state index in [1.54, 1.807) is 12.1 Å². The number of halogens is 1. The van der Waals surface area contributed by atoms with Crippen molar-refractivity contribution in [1.29, 1.82) is 0 Å². The minimum Gasteiger partial charge on any atom is -0.493 e. The Labute approximate surface area is 151 Å². The summed E-state index contributed by atoms with van der Waals surface area (Å²) in [4.78, 5) is 12.2. The molecule has 2 rings (SSSR count). The van der Waals surface area contributed by atoms with Gasteiger partial charge in [0.1, 0.15) is 17.1 Å². The second kappa shape index (κ2) is 8.17. The van der Waals surface area contributed by atoms with E-state index in [2.05, 4.69) is 15.5 Å². The molecule has 0 fully saturated rings. The molecule has 0 unspecified atom stereocenters. The minimum absolute atomic E-state index is 0.0477. The van der Waals surface area contributed by atoms with E-state index >= 15 is 0 Å². The van der Waals surface area contributed by atoms with Gasteiger partial charge in [-0.1, -0.05) is 29.8 Å². The van der Waals surface area contributed by atoms with E-state index in [0.717, 1.165) is 11.7 Å². The molecule has 1 amide bonds. The fourth-order valence-electron chi connectivity index (χ4n) is 2.06. The molecule has 134 valence electrons. The van der Waals surface area contributed by atoms with Crippen molar-refractivity contribution in [3.63, 3.8) is 0 Å². The number of sulfone groups is 1. The minimum atomic E-state index is -3.23. The summed E-state index contributed by atoms with van der Waals surface area (Å²) >= 11 is 6.29. The fourth-order valence-corrected chi connectivity index (χ4v) is 2.78. The van der Waals surface area contributed by atoms with Crippen LogP contribution >= 0.6 is 11.6 Å². The molecule has 1 heterocycles. The summed E-state index contributed by atoms with van der Waals surface area (Å²) in [7, 11) is -3.23. The predicted octanol–water partition coefficient (Wildman–Crippen LogP) is 2.42. The molecule has 1 aromatic heterocycles. The van der Waals surface area contributed by atoms with E-state index in [1.807, 2.05) is 19.1 Å². The molecule has 0 bridgehead atoms. The third-order valence-electron chi connectivity index (χ3n) is 3.10. The number of H-pyrrole nitrogens is 1. The average molecular weight is 384 g/mol. The highest BCUT2D eigenvalue weighted by atomic mass is 35.5. The van der Waals surface area contributed by atoms with Crippen LogP contribution in [-0.4, -0.2) is 43.9 Å². The molecule has 2 aromatic rings. The molecule has 0 saturated carbocycles. The Morgan fingerprint density at radius 1 is 1.40 bits per heavy atom. The van der Waals surface area contributed by atoms with Crippen LogP contribution in [0.25, 0.3) is 11.3 Å². The van der Waals surface area contributed by atoms with Crippen LogP contribution in [0.4, 0.5) is 0 Å². The van der Waals surface area contributed by atoms with E-state index < -0.39 is 15.7 Å². The maximum atomic E-state index is 12.2. The van der Waals surface area contributed by atoms with Crippen LogP contribution < -0.4 is 10.1 Å². The van der Waals surface area contributed by atoms with Crippen molar-refractivity contribution < 1.29 is 17.9 Å². The smallest absolute Gasteiger partial charge is 0.271 e. The zero-order chi connectivity index (χ0) is 18.4. The van der Waals surface area contributed by atoms with Gasteiger partial charge in [0.15, 0.2) is 9.84 Å². The zero-order valence-corrected chi connectivity index (χ0v) is 15.3. The second-order valence-electron chi connectivity index (χ2n) is 5.10. The first-order valence-electron chi connectivity index (χ1n) is 7.44. The van der Waals surface area contributed by atoms with Crippen molar-refractivity contribution in [2.24, 2.45) is 0 Å². The van der Waals surface area contributed by atoms with E-state index in [4.69, 9.17) is 16.3 Å². The van der Waals surface area contributed by atoms with Gasteiger partial charge in [0, 0.05) is 23.8 Å². The van der Waals surface area contributed by atoms with Crippen molar-refractivity contribution in [3.05, 3.63) is 46.5 Å². The van der Waals surface area contributed by atoms with E-state index in [-0.39, 0.29) is 17.3 Å². The number of carbonyl (C=O) groups excluding carboxylic acids is 1. The maximum Gasteiger partial charge on any atom is 0.271 e. The van der Waals surface area contributed by atoms with Crippen LogP contribution in [0.5, 0.6) is 5.75 Å². The molecule has 0 spiro atoms. The van der Waals surface area contributed by atoms with Crippen molar-refractivity contribution in [2.75, 3.05) is 19.4 Å². The van der Waals surface area contributed by atoms with Gasteiger partial charge in [0.05, 0.1) is 11.6 Å². The lowest BCUT2D eigenvalue weighted by atomic mass is 10.1. The Kier molecular flexibility index (Phi) is 6.22. The Balaban J connectivity index is 2.18. The van der Waals surface area contributed by atoms with Crippen LogP contribution in [0, 0.1) is 0 Å². The van der Waals surface area contributed by atoms with Crippen LogP contribution in [0.3, 0.4) is 0 Å². The molecule has 0 aliphatic carbocycles. The van der Waals surface area contributed by atoms with Gasteiger partial charge in [0.25, 0.3) is 5.91 Å². The van der Waals surface area contributed by atoms with Crippen LogP contribution in [0.2, 0.25) is 5.02 Å². The fraction of sp³-hybridized carbons (Fsp3) is 0.250. The summed E-state index contributed by atoms with van der Waals surface area (Å²) in [5.41, 5.74) is 1.17. The lowest BCUT2D eigenvalue weighted by molar-refractivity contribution is 0.0953. The Morgan fingerprint density at radius 3 is 2.80 bits per heavy atom. The molecule has 0 aliphatic heterocycles. The first-order valence-corrected chi connectivity index (χ1v) is 9.77. The number of para-hydroxylation sites is 1. The molecular weight excluding hydrogens is 366 g/mol. The van der Waals surface area contributed by atoms with E-state index in [1.165, 1.54) is 6.08 Å². The molecule has 0 radical (unpaired) electrons. The standard InChI is InChI=1S/C16H18ClN3O4S/c1-3-24-12-8-5-4-7-11(12)14-13(17)15(20-19-14)16(21)18-9-6-10-25(2,22)23/h4-8,10H,3,9H2,1-2H3,(H,18,21)(H,19,20)/b10-6+. The largest absolute Gasteiger partial charge is 0.493 e.